The maximum absolute atomic E-state index is 6.09. The Kier molecular flexibility index (Phi) is 7.21. The Morgan fingerprint density at radius 2 is 1.33 bits per heavy atom. The molecule has 0 bridgehead atoms. The van der Waals surface area contributed by atoms with Crippen molar-refractivity contribution in [1.82, 2.24) is 0 Å². The first-order valence-electron chi connectivity index (χ1n) is 6.49. The molecule has 1 rings (SSSR count). The molecule has 0 heterocycles. The van der Waals surface area contributed by atoms with Crippen molar-refractivity contribution in [3.05, 3.63) is 27.2 Å². The zero-order chi connectivity index (χ0) is 13.5. The second-order valence-corrected chi connectivity index (χ2v) is 5.61. The zero-order valence-electron chi connectivity index (χ0n) is 11.0. The van der Waals surface area contributed by atoms with Crippen molar-refractivity contribution in [1.29, 1.82) is 0 Å². The lowest BCUT2D eigenvalue weighted by atomic mass is 10.2. The summed E-state index contributed by atoms with van der Waals surface area (Å²) < 4.78 is 0. The van der Waals surface area contributed by atoms with Crippen LogP contribution < -0.4 is 4.90 Å². The van der Waals surface area contributed by atoms with Crippen molar-refractivity contribution in [2.24, 2.45) is 0 Å². The molecule has 18 heavy (non-hydrogen) atoms. The van der Waals surface area contributed by atoms with E-state index in [-0.39, 0.29) is 0 Å². The molecule has 0 radical (unpaired) electrons. The standard InChI is InChI=1S/C14H20Cl3N/c1-3-5-7-18(8-6-4-2)11-9-12(15)14(17)13(16)10-11/h9-10H,3-8H2,1-2H3. The molecule has 0 aliphatic rings. The van der Waals surface area contributed by atoms with Crippen molar-refractivity contribution in [2.45, 2.75) is 39.5 Å². The minimum Gasteiger partial charge on any atom is -0.371 e. The van der Waals surface area contributed by atoms with Gasteiger partial charge in [-0.1, -0.05) is 61.5 Å². The number of halogens is 3. The summed E-state index contributed by atoms with van der Waals surface area (Å²) in [5.74, 6) is 0. The summed E-state index contributed by atoms with van der Waals surface area (Å²) in [4.78, 5) is 2.33. The molecule has 0 aromatic heterocycles. The van der Waals surface area contributed by atoms with Crippen molar-refractivity contribution < 1.29 is 0 Å². The van der Waals surface area contributed by atoms with Gasteiger partial charge in [0.2, 0.25) is 0 Å². The maximum Gasteiger partial charge on any atom is 0.0780 e. The lowest BCUT2D eigenvalue weighted by Gasteiger charge is -2.25. The third kappa shape index (κ3) is 4.53. The fourth-order valence-electron chi connectivity index (χ4n) is 1.79. The van der Waals surface area contributed by atoms with Crippen molar-refractivity contribution >= 4 is 40.5 Å². The van der Waals surface area contributed by atoms with Crippen LogP contribution >= 0.6 is 34.8 Å². The SMILES string of the molecule is CCCCN(CCCC)c1cc(Cl)c(Cl)c(Cl)c1. The highest BCUT2D eigenvalue weighted by atomic mass is 35.5. The Labute approximate surface area is 125 Å². The van der Waals surface area contributed by atoms with Crippen LogP contribution in [0.3, 0.4) is 0 Å². The Morgan fingerprint density at radius 3 is 1.72 bits per heavy atom. The Hall–Kier alpha value is -0.110. The van der Waals surface area contributed by atoms with E-state index in [9.17, 15) is 0 Å². The summed E-state index contributed by atoms with van der Waals surface area (Å²) in [6.45, 7) is 6.45. The van der Waals surface area contributed by atoms with Gasteiger partial charge in [-0.3, -0.25) is 0 Å². The summed E-state index contributed by atoms with van der Waals surface area (Å²) in [6, 6.07) is 3.81. The number of hydrogen-bond acceptors (Lipinski definition) is 1. The molecule has 0 unspecified atom stereocenters. The van der Waals surface area contributed by atoms with E-state index in [0.29, 0.717) is 15.1 Å². The maximum atomic E-state index is 6.09. The van der Waals surface area contributed by atoms with E-state index < -0.39 is 0 Å². The van der Waals surface area contributed by atoms with Gasteiger partial charge in [-0.25, -0.2) is 0 Å². The van der Waals surface area contributed by atoms with Crippen LogP contribution in [0.1, 0.15) is 39.5 Å². The van der Waals surface area contributed by atoms with Crippen LogP contribution in [0.15, 0.2) is 12.1 Å². The summed E-state index contributed by atoms with van der Waals surface area (Å²) in [5.41, 5.74) is 1.07. The van der Waals surface area contributed by atoms with Crippen LogP contribution in [-0.2, 0) is 0 Å². The van der Waals surface area contributed by atoms with Gasteiger partial charge in [0.1, 0.15) is 0 Å². The van der Waals surface area contributed by atoms with Crippen LogP contribution in [-0.4, -0.2) is 13.1 Å². The topological polar surface area (TPSA) is 3.24 Å². The highest BCUT2D eigenvalue weighted by Gasteiger charge is 2.11. The van der Waals surface area contributed by atoms with E-state index in [1.165, 1.54) is 25.7 Å². The Bertz CT molecular complexity index is 348. The van der Waals surface area contributed by atoms with Gasteiger partial charge in [-0.05, 0) is 25.0 Å². The van der Waals surface area contributed by atoms with E-state index in [4.69, 9.17) is 34.8 Å². The van der Waals surface area contributed by atoms with E-state index in [1.54, 1.807) is 0 Å². The van der Waals surface area contributed by atoms with Gasteiger partial charge in [-0.2, -0.15) is 0 Å². The van der Waals surface area contributed by atoms with Crippen molar-refractivity contribution in [3.63, 3.8) is 0 Å². The Balaban J connectivity index is 2.89. The molecule has 1 nitrogen and oxygen atoms in total. The predicted molar refractivity (Wildman–Crippen MR) is 83.5 cm³/mol. The molecule has 1 aromatic carbocycles. The number of nitrogens with zero attached hydrogens (tertiary/aromatic N) is 1. The van der Waals surface area contributed by atoms with Crippen LogP contribution in [0.25, 0.3) is 0 Å². The largest absolute Gasteiger partial charge is 0.371 e. The summed E-state index contributed by atoms with van der Waals surface area (Å²) >= 11 is 18.2. The number of rotatable bonds is 7. The predicted octanol–water partition coefficient (Wildman–Crippen LogP) is 6.05. The van der Waals surface area contributed by atoms with Crippen molar-refractivity contribution in [2.75, 3.05) is 18.0 Å². The smallest absolute Gasteiger partial charge is 0.0780 e. The van der Waals surface area contributed by atoms with Crippen LogP contribution in [0.5, 0.6) is 0 Å². The van der Waals surface area contributed by atoms with Gasteiger partial charge < -0.3 is 4.90 Å². The molecular formula is C14H20Cl3N. The zero-order valence-corrected chi connectivity index (χ0v) is 13.2. The second-order valence-electron chi connectivity index (χ2n) is 4.42. The number of benzene rings is 1. The van der Waals surface area contributed by atoms with E-state index in [2.05, 4.69) is 18.7 Å². The second kappa shape index (κ2) is 8.14. The molecule has 4 heteroatoms. The molecule has 0 N–H and O–H groups in total. The summed E-state index contributed by atoms with van der Waals surface area (Å²) in [5, 5.41) is 1.49. The molecule has 0 aliphatic heterocycles. The Morgan fingerprint density at radius 1 is 0.889 bits per heavy atom. The van der Waals surface area contributed by atoms with E-state index in [0.717, 1.165) is 18.8 Å². The molecule has 0 saturated carbocycles. The van der Waals surface area contributed by atoms with Gasteiger partial charge in [0.05, 0.1) is 15.1 Å². The first-order chi connectivity index (χ1) is 8.60. The average Bonchev–Trinajstić information content (AvgIpc) is 2.35. The lowest BCUT2D eigenvalue weighted by Crippen LogP contribution is -2.25. The first kappa shape index (κ1) is 15.9. The monoisotopic (exact) mass is 307 g/mol. The fourth-order valence-corrected chi connectivity index (χ4v) is 2.38. The van der Waals surface area contributed by atoms with Gasteiger partial charge >= 0.3 is 0 Å². The first-order valence-corrected chi connectivity index (χ1v) is 7.63. The molecular weight excluding hydrogens is 289 g/mol. The van der Waals surface area contributed by atoms with Gasteiger partial charge in [0.25, 0.3) is 0 Å². The highest BCUT2D eigenvalue weighted by Crippen LogP contribution is 2.34. The quantitative estimate of drug-likeness (QED) is 0.554. The van der Waals surface area contributed by atoms with E-state index in [1.807, 2.05) is 12.1 Å². The highest BCUT2D eigenvalue weighted by molar-refractivity contribution is 6.48. The van der Waals surface area contributed by atoms with Crippen LogP contribution in [0, 0.1) is 0 Å². The average molecular weight is 309 g/mol. The molecule has 0 atom stereocenters. The molecule has 0 fully saturated rings. The van der Waals surface area contributed by atoms with Gasteiger partial charge in [-0.15, -0.1) is 0 Å². The molecule has 0 saturated heterocycles. The van der Waals surface area contributed by atoms with Gasteiger partial charge in [0, 0.05) is 18.8 Å². The fraction of sp³-hybridized carbons (Fsp3) is 0.571. The van der Waals surface area contributed by atoms with Crippen LogP contribution in [0.2, 0.25) is 15.1 Å². The van der Waals surface area contributed by atoms with E-state index >= 15 is 0 Å². The minimum atomic E-state index is 0.438. The third-order valence-corrected chi connectivity index (χ3v) is 4.09. The van der Waals surface area contributed by atoms with Crippen molar-refractivity contribution in [3.8, 4) is 0 Å². The number of anilines is 1. The normalized spacial score (nSPS) is 10.7. The third-order valence-electron chi connectivity index (χ3n) is 2.90. The molecule has 0 spiro atoms. The van der Waals surface area contributed by atoms with Gasteiger partial charge in [0.15, 0.2) is 0 Å². The number of hydrogen-bond donors (Lipinski definition) is 0. The van der Waals surface area contributed by atoms with Crippen LogP contribution in [0.4, 0.5) is 5.69 Å². The molecule has 0 aliphatic carbocycles. The molecule has 102 valence electrons. The molecule has 1 aromatic rings. The number of unbranched alkanes of at least 4 members (excludes halogenated alkanes) is 2. The lowest BCUT2D eigenvalue weighted by molar-refractivity contribution is 0.678. The molecule has 0 amide bonds. The summed E-state index contributed by atoms with van der Waals surface area (Å²) in [7, 11) is 0. The minimum absolute atomic E-state index is 0.438. The summed E-state index contributed by atoms with van der Waals surface area (Å²) in [6.07, 6.45) is 4.69.